The number of morpholine rings is 1. The number of benzene rings is 1. The normalized spacial score (nSPS) is 20.0. The Morgan fingerprint density at radius 2 is 1.89 bits per heavy atom. The molecular formula is C20H26N4O4. The molecule has 0 saturated carbocycles. The SMILES string of the molecule is CCOC(=O)c1cnn(-c2ccccc2)c1NC(=O)CN1CC(C)OC(C)C1. The summed E-state index contributed by atoms with van der Waals surface area (Å²) in [6.45, 7) is 7.53. The summed E-state index contributed by atoms with van der Waals surface area (Å²) < 4.78 is 12.4. The monoisotopic (exact) mass is 386 g/mol. The van der Waals surface area contributed by atoms with Gasteiger partial charge in [-0.3, -0.25) is 9.69 Å². The molecule has 1 aliphatic heterocycles. The molecule has 2 aromatic rings. The van der Waals surface area contributed by atoms with Gasteiger partial charge in [0.15, 0.2) is 5.82 Å². The fraction of sp³-hybridized carbons (Fsp3) is 0.450. The number of para-hydroxylation sites is 1. The van der Waals surface area contributed by atoms with Crippen molar-refractivity contribution in [1.82, 2.24) is 14.7 Å². The van der Waals surface area contributed by atoms with Crippen LogP contribution < -0.4 is 5.32 Å². The van der Waals surface area contributed by atoms with Crippen molar-refractivity contribution in [3.63, 3.8) is 0 Å². The molecular weight excluding hydrogens is 360 g/mol. The number of carbonyl (C=O) groups is 2. The van der Waals surface area contributed by atoms with Crippen molar-refractivity contribution in [3.8, 4) is 5.69 Å². The predicted octanol–water partition coefficient (Wildman–Crippen LogP) is 2.10. The number of ether oxygens (including phenoxy) is 2. The molecule has 1 fully saturated rings. The largest absolute Gasteiger partial charge is 0.462 e. The highest BCUT2D eigenvalue weighted by molar-refractivity contribution is 6.01. The van der Waals surface area contributed by atoms with Crippen LogP contribution in [0.15, 0.2) is 36.5 Å². The molecule has 0 bridgehead atoms. The first-order valence-electron chi connectivity index (χ1n) is 9.46. The summed E-state index contributed by atoms with van der Waals surface area (Å²) in [6, 6.07) is 9.32. The first-order valence-corrected chi connectivity index (χ1v) is 9.46. The van der Waals surface area contributed by atoms with Crippen LogP contribution in [0.5, 0.6) is 0 Å². The van der Waals surface area contributed by atoms with Crippen molar-refractivity contribution < 1.29 is 19.1 Å². The Morgan fingerprint density at radius 3 is 2.54 bits per heavy atom. The summed E-state index contributed by atoms with van der Waals surface area (Å²) in [5.74, 6) is -0.429. The van der Waals surface area contributed by atoms with Crippen LogP contribution in [-0.2, 0) is 14.3 Å². The third-order valence-electron chi connectivity index (χ3n) is 4.39. The predicted molar refractivity (Wildman–Crippen MR) is 105 cm³/mol. The summed E-state index contributed by atoms with van der Waals surface area (Å²) in [5.41, 5.74) is 0.963. The number of hydrogen-bond donors (Lipinski definition) is 1. The number of rotatable bonds is 6. The molecule has 1 N–H and O–H groups in total. The summed E-state index contributed by atoms with van der Waals surface area (Å²) >= 11 is 0. The zero-order valence-corrected chi connectivity index (χ0v) is 16.4. The molecule has 150 valence electrons. The number of carbonyl (C=O) groups excluding carboxylic acids is 2. The third-order valence-corrected chi connectivity index (χ3v) is 4.39. The molecule has 8 heteroatoms. The van der Waals surface area contributed by atoms with E-state index in [1.165, 1.54) is 10.9 Å². The van der Waals surface area contributed by atoms with Gasteiger partial charge in [-0.05, 0) is 32.9 Å². The van der Waals surface area contributed by atoms with Gasteiger partial charge in [0, 0.05) is 13.1 Å². The number of nitrogens with one attached hydrogen (secondary N) is 1. The molecule has 8 nitrogen and oxygen atoms in total. The fourth-order valence-electron chi connectivity index (χ4n) is 3.38. The molecule has 1 aliphatic rings. The average Bonchev–Trinajstić information content (AvgIpc) is 3.05. The van der Waals surface area contributed by atoms with Crippen molar-refractivity contribution in [2.45, 2.75) is 33.0 Å². The molecule has 1 amide bonds. The van der Waals surface area contributed by atoms with E-state index in [1.807, 2.05) is 49.1 Å². The van der Waals surface area contributed by atoms with Crippen molar-refractivity contribution in [2.75, 3.05) is 31.6 Å². The molecule has 1 aromatic heterocycles. The van der Waals surface area contributed by atoms with E-state index >= 15 is 0 Å². The number of hydrogen-bond acceptors (Lipinski definition) is 6. The highest BCUT2D eigenvalue weighted by Crippen LogP contribution is 2.21. The molecule has 0 spiro atoms. The first kappa shape index (κ1) is 20.0. The Bertz CT molecular complexity index is 811. The van der Waals surface area contributed by atoms with Gasteiger partial charge in [0.2, 0.25) is 5.91 Å². The standard InChI is InChI=1S/C20H26N4O4/c1-4-27-20(26)17-10-21-24(16-8-6-5-7-9-16)19(17)22-18(25)13-23-11-14(2)28-15(3)12-23/h5-10,14-15H,4,11-13H2,1-3H3,(H,22,25). The van der Waals surface area contributed by atoms with E-state index in [0.717, 1.165) is 5.69 Å². The third kappa shape index (κ3) is 4.76. The number of esters is 1. The molecule has 2 unspecified atom stereocenters. The fourth-order valence-corrected chi connectivity index (χ4v) is 3.38. The molecule has 3 rings (SSSR count). The summed E-state index contributed by atoms with van der Waals surface area (Å²) in [5, 5.41) is 7.13. The van der Waals surface area contributed by atoms with Gasteiger partial charge in [0.1, 0.15) is 5.56 Å². The zero-order chi connectivity index (χ0) is 20.1. The molecule has 0 radical (unpaired) electrons. The number of aromatic nitrogens is 2. The molecule has 1 saturated heterocycles. The Morgan fingerprint density at radius 1 is 1.21 bits per heavy atom. The van der Waals surface area contributed by atoms with Crippen molar-refractivity contribution >= 4 is 17.7 Å². The van der Waals surface area contributed by atoms with Crippen LogP contribution in [-0.4, -0.2) is 65.0 Å². The van der Waals surface area contributed by atoms with Crippen LogP contribution in [0.3, 0.4) is 0 Å². The second kappa shape index (κ2) is 8.99. The number of anilines is 1. The van der Waals surface area contributed by atoms with Crippen LogP contribution in [0.2, 0.25) is 0 Å². The molecule has 2 heterocycles. The van der Waals surface area contributed by atoms with Gasteiger partial charge in [-0.15, -0.1) is 0 Å². The molecule has 2 atom stereocenters. The smallest absolute Gasteiger partial charge is 0.343 e. The van der Waals surface area contributed by atoms with Crippen LogP contribution in [0.4, 0.5) is 5.82 Å². The quantitative estimate of drug-likeness (QED) is 0.765. The molecule has 0 aliphatic carbocycles. The Balaban J connectivity index is 1.81. The maximum Gasteiger partial charge on any atom is 0.343 e. The summed E-state index contributed by atoms with van der Waals surface area (Å²) in [4.78, 5) is 27.1. The van der Waals surface area contributed by atoms with E-state index in [1.54, 1.807) is 6.92 Å². The molecule has 28 heavy (non-hydrogen) atoms. The van der Waals surface area contributed by atoms with E-state index in [0.29, 0.717) is 18.9 Å². The lowest BCUT2D eigenvalue weighted by Crippen LogP contribution is -2.48. The average molecular weight is 386 g/mol. The minimum absolute atomic E-state index is 0.0708. The van der Waals surface area contributed by atoms with Gasteiger partial charge in [-0.25, -0.2) is 9.48 Å². The van der Waals surface area contributed by atoms with E-state index in [-0.39, 0.29) is 36.8 Å². The Hall–Kier alpha value is -2.71. The summed E-state index contributed by atoms with van der Waals surface area (Å²) in [6.07, 6.45) is 1.56. The van der Waals surface area contributed by atoms with Crippen LogP contribution >= 0.6 is 0 Å². The van der Waals surface area contributed by atoms with Gasteiger partial charge in [-0.2, -0.15) is 5.10 Å². The lowest BCUT2D eigenvalue weighted by molar-refractivity contribution is -0.121. The van der Waals surface area contributed by atoms with Crippen LogP contribution in [0.25, 0.3) is 5.69 Å². The van der Waals surface area contributed by atoms with Crippen LogP contribution in [0, 0.1) is 0 Å². The highest BCUT2D eigenvalue weighted by Gasteiger charge is 2.26. The highest BCUT2D eigenvalue weighted by atomic mass is 16.5. The molecule has 1 aromatic carbocycles. The summed E-state index contributed by atoms with van der Waals surface area (Å²) in [7, 11) is 0. The lowest BCUT2D eigenvalue weighted by atomic mass is 10.2. The van der Waals surface area contributed by atoms with E-state index in [4.69, 9.17) is 9.47 Å². The van der Waals surface area contributed by atoms with Crippen LogP contribution in [0.1, 0.15) is 31.1 Å². The van der Waals surface area contributed by atoms with Gasteiger partial charge in [0.25, 0.3) is 0 Å². The Kier molecular flexibility index (Phi) is 6.43. The maximum atomic E-state index is 12.7. The van der Waals surface area contributed by atoms with Gasteiger partial charge in [-0.1, -0.05) is 18.2 Å². The minimum Gasteiger partial charge on any atom is -0.462 e. The lowest BCUT2D eigenvalue weighted by Gasteiger charge is -2.34. The van der Waals surface area contributed by atoms with Gasteiger partial charge < -0.3 is 14.8 Å². The Labute approximate surface area is 164 Å². The first-order chi connectivity index (χ1) is 13.5. The minimum atomic E-state index is -0.520. The number of nitrogens with zero attached hydrogens (tertiary/aromatic N) is 3. The van der Waals surface area contributed by atoms with Crippen molar-refractivity contribution in [2.24, 2.45) is 0 Å². The van der Waals surface area contributed by atoms with Crippen molar-refractivity contribution in [1.29, 1.82) is 0 Å². The van der Waals surface area contributed by atoms with Crippen molar-refractivity contribution in [3.05, 3.63) is 42.1 Å². The maximum absolute atomic E-state index is 12.7. The second-order valence-corrected chi connectivity index (χ2v) is 6.87. The van der Waals surface area contributed by atoms with Gasteiger partial charge in [0.05, 0.1) is 37.2 Å². The topological polar surface area (TPSA) is 85.7 Å². The zero-order valence-electron chi connectivity index (χ0n) is 16.4. The van der Waals surface area contributed by atoms with Gasteiger partial charge >= 0.3 is 5.97 Å². The second-order valence-electron chi connectivity index (χ2n) is 6.87. The number of amides is 1. The van der Waals surface area contributed by atoms with E-state index < -0.39 is 5.97 Å². The van der Waals surface area contributed by atoms with E-state index in [9.17, 15) is 9.59 Å². The van der Waals surface area contributed by atoms with E-state index in [2.05, 4.69) is 10.4 Å².